The molecule has 0 radical (unpaired) electrons. The van der Waals surface area contributed by atoms with Gasteiger partial charge >= 0.3 is 0 Å². The number of hydrogen-bond donors (Lipinski definition) is 1. The Labute approximate surface area is 115 Å². The van der Waals surface area contributed by atoms with E-state index >= 15 is 0 Å². The van der Waals surface area contributed by atoms with Crippen molar-refractivity contribution in [2.75, 3.05) is 26.0 Å². The van der Waals surface area contributed by atoms with Gasteiger partial charge in [-0.1, -0.05) is 12.8 Å². The molecule has 0 aromatic carbocycles. The minimum Gasteiger partial charge on any atom is -0.391 e. The zero-order valence-electron chi connectivity index (χ0n) is 12.1. The number of nitrogens with zero attached hydrogens (tertiary/aromatic N) is 4. The van der Waals surface area contributed by atoms with E-state index in [1.165, 1.54) is 6.42 Å². The van der Waals surface area contributed by atoms with Gasteiger partial charge in [0.1, 0.15) is 0 Å². The number of likely N-dealkylation sites (N-methyl/N-ethyl adjacent to an activating group) is 1. The molecule has 1 fully saturated rings. The zero-order chi connectivity index (χ0) is 13.8. The van der Waals surface area contributed by atoms with Crippen LogP contribution in [0.15, 0.2) is 12.4 Å². The number of hydrogen-bond acceptors (Lipinski definition) is 5. The molecule has 19 heavy (non-hydrogen) atoms. The molecule has 1 aromatic heterocycles. The number of anilines is 1. The summed E-state index contributed by atoms with van der Waals surface area (Å²) in [4.78, 5) is 12.7. The summed E-state index contributed by atoms with van der Waals surface area (Å²) in [5, 5.41) is 10.1. The van der Waals surface area contributed by atoms with Crippen molar-refractivity contribution < 1.29 is 5.11 Å². The third-order valence-electron chi connectivity index (χ3n) is 3.78. The summed E-state index contributed by atoms with van der Waals surface area (Å²) in [5.41, 5.74) is 1.09. The smallest absolute Gasteiger partial charge is 0.224 e. The average Bonchev–Trinajstić information content (AvgIpc) is 2.39. The second-order valence-electron chi connectivity index (χ2n) is 5.62. The second-order valence-corrected chi connectivity index (χ2v) is 5.62. The van der Waals surface area contributed by atoms with Crippen molar-refractivity contribution in [3.05, 3.63) is 18.0 Å². The largest absolute Gasteiger partial charge is 0.391 e. The minimum absolute atomic E-state index is 0.194. The summed E-state index contributed by atoms with van der Waals surface area (Å²) in [6.07, 6.45) is 7.90. The van der Waals surface area contributed by atoms with Crippen LogP contribution in [0.1, 0.15) is 31.2 Å². The topological polar surface area (TPSA) is 52.5 Å². The van der Waals surface area contributed by atoms with Crippen LogP contribution in [0.3, 0.4) is 0 Å². The van der Waals surface area contributed by atoms with Gasteiger partial charge in [-0.05, 0) is 19.9 Å². The molecule has 5 nitrogen and oxygen atoms in total. The van der Waals surface area contributed by atoms with E-state index in [1.807, 2.05) is 31.4 Å². The molecule has 106 valence electrons. The Morgan fingerprint density at radius 1 is 1.16 bits per heavy atom. The normalized spacial score (nSPS) is 23.6. The van der Waals surface area contributed by atoms with Gasteiger partial charge in [0, 0.05) is 44.6 Å². The summed E-state index contributed by atoms with van der Waals surface area (Å²) in [5.74, 6) is 0.726. The van der Waals surface area contributed by atoms with Crippen LogP contribution in [-0.4, -0.2) is 53.3 Å². The molecule has 5 heteroatoms. The first-order chi connectivity index (χ1) is 9.08. The number of aromatic nitrogens is 2. The SMILES string of the molecule is CN(C)c1ncc(CN(C)C2CCCCC2O)cn1. The van der Waals surface area contributed by atoms with Gasteiger partial charge in [-0.3, -0.25) is 4.90 Å². The van der Waals surface area contributed by atoms with Crippen LogP contribution < -0.4 is 4.90 Å². The number of rotatable bonds is 4. The van der Waals surface area contributed by atoms with E-state index in [9.17, 15) is 5.11 Å². The van der Waals surface area contributed by atoms with Gasteiger partial charge in [0.05, 0.1) is 6.10 Å². The van der Waals surface area contributed by atoms with Crippen molar-refractivity contribution in [2.24, 2.45) is 0 Å². The van der Waals surface area contributed by atoms with Crippen LogP contribution in [0.2, 0.25) is 0 Å². The molecule has 0 saturated heterocycles. The summed E-state index contributed by atoms with van der Waals surface area (Å²) in [6, 6.07) is 0.266. The molecule has 1 aliphatic rings. The lowest BCUT2D eigenvalue weighted by Gasteiger charge is -2.35. The highest BCUT2D eigenvalue weighted by atomic mass is 16.3. The van der Waals surface area contributed by atoms with Crippen LogP contribution in [-0.2, 0) is 6.54 Å². The van der Waals surface area contributed by atoms with Gasteiger partial charge in [0.2, 0.25) is 5.95 Å². The van der Waals surface area contributed by atoms with E-state index in [1.54, 1.807) is 0 Å². The first-order valence-electron chi connectivity index (χ1n) is 6.94. The fourth-order valence-electron chi connectivity index (χ4n) is 2.67. The number of aliphatic hydroxyl groups excluding tert-OH is 1. The third-order valence-corrected chi connectivity index (χ3v) is 3.78. The Bertz CT molecular complexity index is 393. The predicted molar refractivity (Wildman–Crippen MR) is 76.1 cm³/mol. The lowest BCUT2D eigenvalue weighted by molar-refractivity contribution is 0.0287. The minimum atomic E-state index is -0.194. The lowest BCUT2D eigenvalue weighted by Crippen LogP contribution is -2.42. The van der Waals surface area contributed by atoms with E-state index in [4.69, 9.17) is 0 Å². The van der Waals surface area contributed by atoms with Gasteiger partial charge in [-0.25, -0.2) is 9.97 Å². The quantitative estimate of drug-likeness (QED) is 0.888. The maximum absolute atomic E-state index is 10.1. The highest BCUT2D eigenvalue weighted by Crippen LogP contribution is 2.23. The van der Waals surface area contributed by atoms with E-state index in [-0.39, 0.29) is 12.1 Å². The standard InChI is InChI=1S/C14H24N4O/c1-17(2)14-15-8-11(9-16-14)10-18(3)12-6-4-5-7-13(12)19/h8-9,12-13,19H,4-7,10H2,1-3H3. The lowest BCUT2D eigenvalue weighted by atomic mass is 9.91. The Kier molecular flexibility index (Phi) is 4.71. The van der Waals surface area contributed by atoms with E-state index in [0.29, 0.717) is 0 Å². The summed E-state index contributed by atoms with van der Waals surface area (Å²) >= 11 is 0. The van der Waals surface area contributed by atoms with Gasteiger partial charge in [0.25, 0.3) is 0 Å². The first kappa shape index (κ1) is 14.2. The van der Waals surface area contributed by atoms with Crippen LogP contribution in [0.5, 0.6) is 0 Å². The molecular formula is C14H24N4O. The fraction of sp³-hybridized carbons (Fsp3) is 0.714. The molecule has 2 unspecified atom stereocenters. The molecule has 1 aromatic rings. The van der Waals surface area contributed by atoms with E-state index in [0.717, 1.165) is 37.3 Å². The van der Waals surface area contributed by atoms with Crippen molar-refractivity contribution in [3.8, 4) is 0 Å². The molecule has 0 aliphatic heterocycles. The maximum Gasteiger partial charge on any atom is 0.224 e. The molecule has 0 amide bonds. The molecule has 2 rings (SSSR count). The van der Waals surface area contributed by atoms with Crippen LogP contribution in [0, 0.1) is 0 Å². The molecule has 0 bridgehead atoms. The first-order valence-corrected chi connectivity index (χ1v) is 6.94. The Morgan fingerprint density at radius 2 is 1.79 bits per heavy atom. The molecule has 2 atom stereocenters. The van der Waals surface area contributed by atoms with Crippen LogP contribution in [0.25, 0.3) is 0 Å². The molecule has 1 saturated carbocycles. The highest BCUT2D eigenvalue weighted by molar-refractivity contribution is 5.26. The Morgan fingerprint density at radius 3 is 2.37 bits per heavy atom. The number of aliphatic hydroxyl groups is 1. The van der Waals surface area contributed by atoms with Crippen molar-refractivity contribution in [2.45, 2.75) is 44.4 Å². The van der Waals surface area contributed by atoms with E-state index < -0.39 is 0 Å². The van der Waals surface area contributed by atoms with Gasteiger partial charge in [-0.15, -0.1) is 0 Å². The van der Waals surface area contributed by atoms with Crippen molar-refractivity contribution >= 4 is 5.95 Å². The highest BCUT2D eigenvalue weighted by Gasteiger charge is 2.26. The summed E-state index contributed by atoms with van der Waals surface area (Å²) in [6.45, 7) is 0.787. The average molecular weight is 264 g/mol. The molecular weight excluding hydrogens is 240 g/mol. The van der Waals surface area contributed by atoms with Crippen LogP contribution in [0.4, 0.5) is 5.95 Å². The van der Waals surface area contributed by atoms with Crippen molar-refractivity contribution in [1.82, 2.24) is 14.9 Å². The van der Waals surface area contributed by atoms with Gasteiger partial charge in [0.15, 0.2) is 0 Å². The van der Waals surface area contributed by atoms with Crippen LogP contribution >= 0.6 is 0 Å². The Balaban J connectivity index is 1.96. The zero-order valence-corrected chi connectivity index (χ0v) is 12.1. The monoisotopic (exact) mass is 264 g/mol. The second kappa shape index (κ2) is 6.30. The van der Waals surface area contributed by atoms with E-state index in [2.05, 4.69) is 21.9 Å². The molecule has 1 heterocycles. The predicted octanol–water partition coefficient (Wildman–Crippen LogP) is 1.28. The molecule has 1 aliphatic carbocycles. The molecule has 0 spiro atoms. The van der Waals surface area contributed by atoms with Crippen molar-refractivity contribution in [3.63, 3.8) is 0 Å². The maximum atomic E-state index is 10.1. The third kappa shape index (κ3) is 3.64. The Hall–Kier alpha value is -1.20. The van der Waals surface area contributed by atoms with Crippen molar-refractivity contribution in [1.29, 1.82) is 0 Å². The van der Waals surface area contributed by atoms with Gasteiger partial charge in [-0.2, -0.15) is 0 Å². The fourth-order valence-corrected chi connectivity index (χ4v) is 2.67. The molecule has 1 N–H and O–H groups in total. The summed E-state index contributed by atoms with van der Waals surface area (Å²) < 4.78 is 0. The van der Waals surface area contributed by atoms with Gasteiger partial charge < -0.3 is 10.0 Å². The summed E-state index contributed by atoms with van der Waals surface area (Å²) in [7, 11) is 5.93.